The number of rotatable bonds is 5. The standard InChI is InChI=1S/C15H16ClNO2/c1-3-18-13-4-6-14(7-5-13)19-15-11(2)8-12(9-16)10-17-15/h4-8,10H,3,9H2,1-2H3. The quantitative estimate of drug-likeness (QED) is 0.763. The second-order valence-electron chi connectivity index (χ2n) is 4.11. The highest BCUT2D eigenvalue weighted by Crippen LogP contribution is 2.25. The average molecular weight is 278 g/mol. The molecule has 0 N–H and O–H groups in total. The minimum atomic E-state index is 0.456. The molecule has 0 bridgehead atoms. The lowest BCUT2D eigenvalue weighted by Crippen LogP contribution is -1.94. The molecular formula is C15H16ClNO2. The van der Waals surface area contributed by atoms with E-state index >= 15 is 0 Å². The SMILES string of the molecule is CCOc1ccc(Oc2ncc(CCl)cc2C)cc1. The van der Waals surface area contributed by atoms with Gasteiger partial charge in [-0.15, -0.1) is 11.6 Å². The van der Waals surface area contributed by atoms with Gasteiger partial charge in [0, 0.05) is 17.6 Å². The molecule has 0 unspecified atom stereocenters. The maximum atomic E-state index is 5.76. The van der Waals surface area contributed by atoms with Gasteiger partial charge in [0.25, 0.3) is 0 Å². The van der Waals surface area contributed by atoms with Crippen molar-refractivity contribution in [3.8, 4) is 17.4 Å². The summed E-state index contributed by atoms with van der Waals surface area (Å²) in [4.78, 5) is 4.27. The van der Waals surface area contributed by atoms with E-state index in [0.717, 1.165) is 22.6 Å². The number of ether oxygens (including phenoxy) is 2. The molecule has 1 aromatic heterocycles. The summed E-state index contributed by atoms with van der Waals surface area (Å²) in [6, 6.07) is 9.45. The number of halogens is 1. The molecule has 0 radical (unpaired) electrons. The minimum Gasteiger partial charge on any atom is -0.494 e. The molecule has 2 aromatic rings. The lowest BCUT2D eigenvalue weighted by Gasteiger charge is -2.09. The molecule has 0 fully saturated rings. The summed E-state index contributed by atoms with van der Waals surface area (Å²) in [7, 11) is 0. The van der Waals surface area contributed by atoms with Gasteiger partial charge in [-0.25, -0.2) is 4.98 Å². The first kappa shape index (κ1) is 13.7. The Morgan fingerprint density at radius 1 is 1.16 bits per heavy atom. The van der Waals surface area contributed by atoms with Gasteiger partial charge in [-0.05, 0) is 49.7 Å². The van der Waals surface area contributed by atoms with Gasteiger partial charge in [0.05, 0.1) is 6.61 Å². The Hall–Kier alpha value is -1.74. The third-order valence-corrected chi connectivity index (χ3v) is 2.90. The fraction of sp³-hybridized carbons (Fsp3) is 0.267. The normalized spacial score (nSPS) is 10.3. The second-order valence-corrected chi connectivity index (χ2v) is 4.37. The number of alkyl halides is 1. The van der Waals surface area contributed by atoms with E-state index in [0.29, 0.717) is 18.4 Å². The van der Waals surface area contributed by atoms with Crippen LogP contribution in [0.25, 0.3) is 0 Å². The van der Waals surface area contributed by atoms with Crippen LogP contribution in [0.2, 0.25) is 0 Å². The van der Waals surface area contributed by atoms with E-state index < -0.39 is 0 Å². The maximum Gasteiger partial charge on any atom is 0.222 e. The van der Waals surface area contributed by atoms with Crippen molar-refractivity contribution in [3.63, 3.8) is 0 Å². The molecule has 19 heavy (non-hydrogen) atoms. The molecule has 100 valence electrons. The van der Waals surface area contributed by atoms with Crippen LogP contribution in [0.1, 0.15) is 18.1 Å². The van der Waals surface area contributed by atoms with Crippen LogP contribution in [0.5, 0.6) is 17.4 Å². The Labute approximate surface area is 118 Å². The number of hydrogen-bond acceptors (Lipinski definition) is 3. The minimum absolute atomic E-state index is 0.456. The van der Waals surface area contributed by atoms with E-state index in [1.807, 2.05) is 44.2 Å². The Morgan fingerprint density at radius 3 is 2.42 bits per heavy atom. The topological polar surface area (TPSA) is 31.4 Å². The molecular weight excluding hydrogens is 262 g/mol. The van der Waals surface area contributed by atoms with Crippen LogP contribution in [0, 0.1) is 6.92 Å². The number of aryl methyl sites for hydroxylation is 1. The number of hydrogen-bond donors (Lipinski definition) is 0. The molecule has 0 saturated carbocycles. The summed E-state index contributed by atoms with van der Waals surface area (Å²) in [5, 5.41) is 0. The fourth-order valence-corrected chi connectivity index (χ4v) is 1.83. The van der Waals surface area contributed by atoms with Crippen LogP contribution >= 0.6 is 11.6 Å². The Balaban J connectivity index is 2.12. The van der Waals surface area contributed by atoms with Gasteiger partial charge >= 0.3 is 0 Å². The Morgan fingerprint density at radius 2 is 1.84 bits per heavy atom. The molecule has 0 spiro atoms. The summed E-state index contributed by atoms with van der Waals surface area (Å²) < 4.78 is 11.1. The molecule has 0 saturated heterocycles. The van der Waals surface area contributed by atoms with Crippen LogP contribution in [-0.2, 0) is 5.88 Å². The van der Waals surface area contributed by atoms with E-state index in [2.05, 4.69) is 4.98 Å². The summed E-state index contributed by atoms with van der Waals surface area (Å²) >= 11 is 5.76. The molecule has 0 aliphatic rings. The van der Waals surface area contributed by atoms with Crippen molar-refractivity contribution in [3.05, 3.63) is 47.7 Å². The van der Waals surface area contributed by atoms with E-state index in [1.54, 1.807) is 6.20 Å². The summed E-state index contributed by atoms with van der Waals surface area (Å²) in [6.07, 6.45) is 1.73. The zero-order valence-corrected chi connectivity index (χ0v) is 11.8. The molecule has 1 heterocycles. The maximum absolute atomic E-state index is 5.76. The third kappa shape index (κ3) is 3.61. The predicted molar refractivity (Wildman–Crippen MR) is 76.2 cm³/mol. The highest BCUT2D eigenvalue weighted by atomic mass is 35.5. The van der Waals surface area contributed by atoms with Crippen molar-refractivity contribution >= 4 is 11.6 Å². The lowest BCUT2D eigenvalue weighted by molar-refractivity contribution is 0.339. The van der Waals surface area contributed by atoms with Gasteiger partial charge in [-0.3, -0.25) is 0 Å². The monoisotopic (exact) mass is 277 g/mol. The predicted octanol–water partition coefficient (Wildman–Crippen LogP) is 4.32. The molecule has 2 rings (SSSR count). The zero-order valence-electron chi connectivity index (χ0n) is 11.0. The van der Waals surface area contributed by atoms with E-state index in [1.165, 1.54) is 0 Å². The largest absolute Gasteiger partial charge is 0.494 e. The van der Waals surface area contributed by atoms with Crippen molar-refractivity contribution < 1.29 is 9.47 Å². The van der Waals surface area contributed by atoms with Gasteiger partial charge in [0.2, 0.25) is 5.88 Å². The first-order chi connectivity index (χ1) is 9.22. The van der Waals surface area contributed by atoms with Crippen LogP contribution < -0.4 is 9.47 Å². The molecule has 4 heteroatoms. The zero-order chi connectivity index (χ0) is 13.7. The second kappa shape index (κ2) is 6.43. The van der Waals surface area contributed by atoms with Gasteiger partial charge < -0.3 is 9.47 Å². The van der Waals surface area contributed by atoms with Gasteiger partial charge in [0.1, 0.15) is 11.5 Å². The highest BCUT2D eigenvalue weighted by molar-refractivity contribution is 6.17. The van der Waals surface area contributed by atoms with Crippen molar-refractivity contribution in [1.82, 2.24) is 4.98 Å². The smallest absolute Gasteiger partial charge is 0.222 e. The van der Waals surface area contributed by atoms with E-state index in [4.69, 9.17) is 21.1 Å². The van der Waals surface area contributed by atoms with E-state index in [-0.39, 0.29) is 0 Å². The summed E-state index contributed by atoms with van der Waals surface area (Å²) in [5.41, 5.74) is 1.95. The first-order valence-electron chi connectivity index (χ1n) is 6.15. The van der Waals surface area contributed by atoms with Crippen LogP contribution in [0.4, 0.5) is 0 Å². The number of nitrogens with zero attached hydrogens (tertiary/aromatic N) is 1. The molecule has 0 atom stereocenters. The van der Waals surface area contributed by atoms with Crippen LogP contribution in [-0.4, -0.2) is 11.6 Å². The van der Waals surface area contributed by atoms with E-state index in [9.17, 15) is 0 Å². The highest BCUT2D eigenvalue weighted by Gasteiger charge is 2.04. The molecule has 0 amide bonds. The summed E-state index contributed by atoms with van der Waals surface area (Å²) in [5.74, 6) is 2.62. The number of benzene rings is 1. The number of aromatic nitrogens is 1. The van der Waals surface area contributed by atoms with Crippen molar-refractivity contribution in [2.75, 3.05) is 6.61 Å². The fourth-order valence-electron chi connectivity index (χ4n) is 1.68. The average Bonchev–Trinajstić information content (AvgIpc) is 2.43. The van der Waals surface area contributed by atoms with Crippen molar-refractivity contribution in [1.29, 1.82) is 0 Å². The van der Waals surface area contributed by atoms with Crippen LogP contribution in [0.15, 0.2) is 36.5 Å². The lowest BCUT2D eigenvalue weighted by atomic mass is 10.2. The number of pyridine rings is 1. The van der Waals surface area contributed by atoms with Gasteiger partial charge in [-0.1, -0.05) is 0 Å². The Kier molecular flexibility index (Phi) is 4.63. The first-order valence-corrected chi connectivity index (χ1v) is 6.68. The molecule has 3 nitrogen and oxygen atoms in total. The summed E-state index contributed by atoms with van der Waals surface area (Å²) in [6.45, 7) is 4.56. The molecule has 0 aliphatic carbocycles. The third-order valence-electron chi connectivity index (χ3n) is 2.59. The molecule has 0 aliphatic heterocycles. The van der Waals surface area contributed by atoms with Gasteiger partial charge in [0.15, 0.2) is 0 Å². The van der Waals surface area contributed by atoms with Crippen molar-refractivity contribution in [2.24, 2.45) is 0 Å². The van der Waals surface area contributed by atoms with Gasteiger partial charge in [-0.2, -0.15) is 0 Å². The Bertz CT molecular complexity index is 540. The van der Waals surface area contributed by atoms with Crippen LogP contribution in [0.3, 0.4) is 0 Å². The molecule has 1 aromatic carbocycles. The van der Waals surface area contributed by atoms with Crippen molar-refractivity contribution in [2.45, 2.75) is 19.7 Å².